The highest BCUT2D eigenvalue weighted by molar-refractivity contribution is 8.11. The van der Waals surface area contributed by atoms with E-state index in [1.54, 1.807) is 0 Å². The van der Waals surface area contributed by atoms with Gasteiger partial charge >= 0.3 is 0 Å². The lowest BCUT2D eigenvalue weighted by Crippen LogP contribution is -2.49. The molecule has 4 heteroatoms. The van der Waals surface area contributed by atoms with Gasteiger partial charge in [-0.05, 0) is 13.8 Å². The molecule has 0 aliphatic heterocycles. The van der Waals surface area contributed by atoms with Crippen LogP contribution in [-0.4, -0.2) is 23.8 Å². The summed E-state index contributed by atoms with van der Waals surface area (Å²) in [5.41, 5.74) is 0. The SMILES string of the molecule is C#CC(C)S(=O)(O)(O)C(C)C#C. The first kappa shape index (κ1) is 11.2. The molecule has 2 N–H and O–H groups in total. The van der Waals surface area contributed by atoms with Gasteiger partial charge in [-0.1, -0.05) is 11.8 Å². The Morgan fingerprint density at radius 3 is 1.58 bits per heavy atom. The molecule has 0 rings (SSSR count). The highest BCUT2D eigenvalue weighted by Gasteiger charge is 2.41. The highest BCUT2D eigenvalue weighted by atomic mass is 32.3. The normalized spacial score (nSPS) is 19.3. The van der Waals surface area contributed by atoms with E-state index in [0.29, 0.717) is 0 Å². The largest absolute Gasteiger partial charge is 0.306 e. The average molecular weight is 188 g/mol. The summed E-state index contributed by atoms with van der Waals surface area (Å²) in [6.07, 6.45) is 9.85. The molecular formula is C8H12O3S. The third-order valence-electron chi connectivity index (χ3n) is 1.80. The zero-order valence-electron chi connectivity index (χ0n) is 7.02. The highest BCUT2D eigenvalue weighted by Crippen LogP contribution is 2.28. The molecule has 0 bridgehead atoms. The van der Waals surface area contributed by atoms with E-state index in [-0.39, 0.29) is 0 Å². The van der Waals surface area contributed by atoms with Gasteiger partial charge in [0.2, 0.25) is 0 Å². The molecule has 3 nitrogen and oxygen atoms in total. The lowest BCUT2D eigenvalue weighted by Gasteiger charge is -2.36. The third kappa shape index (κ3) is 1.67. The van der Waals surface area contributed by atoms with E-state index in [1.807, 2.05) is 11.8 Å². The van der Waals surface area contributed by atoms with Crippen LogP contribution in [0.15, 0.2) is 0 Å². The van der Waals surface area contributed by atoms with Gasteiger partial charge in [0.15, 0.2) is 0 Å². The first-order valence-corrected chi connectivity index (χ1v) is 5.32. The summed E-state index contributed by atoms with van der Waals surface area (Å²) < 4.78 is 30.2. The predicted octanol–water partition coefficient (Wildman–Crippen LogP) is 0.796. The van der Waals surface area contributed by atoms with Gasteiger partial charge in [-0.25, -0.2) is 4.21 Å². The standard InChI is InChI=1S/C8H12O3S/c1-5-7(3)12(9,10,11)8(4)6-2/h1-2,7-8H,3-4H3,(H2,9,10,11). The molecule has 0 aliphatic rings. The van der Waals surface area contributed by atoms with Crippen molar-refractivity contribution in [2.45, 2.75) is 24.3 Å². The van der Waals surface area contributed by atoms with Crippen LogP contribution in [0.1, 0.15) is 13.8 Å². The van der Waals surface area contributed by atoms with E-state index in [9.17, 15) is 13.3 Å². The number of hydrogen-bond acceptors (Lipinski definition) is 1. The molecular weight excluding hydrogens is 176 g/mol. The van der Waals surface area contributed by atoms with E-state index < -0.39 is 20.1 Å². The van der Waals surface area contributed by atoms with Crippen molar-refractivity contribution in [3.05, 3.63) is 0 Å². The van der Waals surface area contributed by atoms with Crippen LogP contribution in [-0.2, 0) is 9.63 Å². The van der Waals surface area contributed by atoms with Crippen molar-refractivity contribution < 1.29 is 13.3 Å². The minimum atomic E-state index is -4.85. The second-order valence-corrected chi connectivity index (χ2v) is 5.97. The van der Waals surface area contributed by atoms with Crippen molar-refractivity contribution in [2.24, 2.45) is 0 Å². The monoisotopic (exact) mass is 188 g/mol. The Kier molecular flexibility index (Phi) is 2.72. The molecule has 68 valence electrons. The Labute approximate surface area is 72.6 Å². The van der Waals surface area contributed by atoms with Crippen molar-refractivity contribution in [3.8, 4) is 24.7 Å². The smallest absolute Gasteiger partial charge is 0.116 e. The lowest BCUT2D eigenvalue weighted by molar-refractivity contribution is 0.380. The first-order valence-electron chi connectivity index (χ1n) is 3.31. The van der Waals surface area contributed by atoms with E-state index in [0.717, 1.165) is 0 Å². The molecule has 2 atom stereocenters. The third-order valence-corrected chi connectivity index (χ3v) is 4.73. The Hall–Kier alpha value is -0.810. The quantitative estimate of drug-likeness (QED) is 0.630. The summed E-state index contributed by atoms with van der Waals surface area (Å²) >= 11 is 0. The molecule has 0 aromatic heterocycles. The Balaban J connectivity index is 5.19. The second-order valence-electron chi connectivity index (χ2n) is 2.60. The lowest BCUT2D eigenvalue weighted by atomic mass is 10.5. The van der Waals surface area contributed by atoms with Crippen LogP contribution in [0.2, 0.25) is 0 Å². The van der Waals surface area contributed by atoms with Crippen LogP contribution in [0, 0.1) is 24.7 Å². The number of rotatable bonds is 2. The Morgan fingerprint density at radius 2 is 1.42 bits per heavy atom. The molecule has 0 radical (unpaired) electrons. The fraction of sp³-hybridized carbons (Fsp3) is 0.500. The molecule has 0 spiro atoms. The summed E-state index contributed by atoms with van der Waals surface area (Å²) in [5, 5.41) is -2.32. The van der Waals surface area contributed by atoms with Crippen LogP contribution in [0.4, 0.5) is 0 Å². The van der Waals surface area contributed by atoms with Gasteiger partial charge in [-0.2, -0.15) is 0 Å². The molecule has 0 aromatic carbocycles. The van der Waals surface area contributed by atoms with Crippen LogP contribution in [0.5, 0.6) is 0 Å². The molecule has 0 saturated heterocycles. The zero-order valence-corrected chi connectivity index (χ0v) is 7.84. The predicted molar refractivity (Wildman–Crippen MR) is 50.0 cm³/mol. The molecule has 0 aromatic rings. The maximum atomic E-state index is 11.5. The van der Waals surface area contributed by atoms with Crippen molar-refractivity contribution in [1.29, 1.82) is 0 Å². The molecule has 12 heavy (non-hydrogen) atoms. The van der Waals surface area contributed by atoms with Gasteiger partial charge in [0, 0.05) is 0 Å². The fourth-order valence-electron chi connectivity index (χ4n) is 0.562. The van der Waals surface area contributed by atoms with E-state index in [2.05, 4.69) is 0 Å². The van der Waals surface area contributed by atoms with Gasteiger partial charge < -0.3 is 9.11 Å². The Bertz CT molecular complexity index is 286. The van der Waals surface area contributed by atoms with Gasteiger partial charge in [0.1, 0.15) is 20.1 Å². The van der Waals surface area contributed by atoms with Crippen LogP contribution >= 0.6 is 0 Å². The van der Waals surface area contributed by atoms with Crippen molar-refractivity contribution in [1.82, 2.24) is 0 Å². The molecule has 2 unspecified atom stereocenters. The van der Waals surface area contributed by atoms with Gasteiger partial charge in [-0.3, -0.25) is 0 Å². The van der Waals surface area contributed by atoms with Gasteiger partial charge in [0.05, 0.1) is 0 Å². The maximum absolute atomic E-state index is 11.5. The van der Waals surface area contributed by atoms with E-state index in [4.69, 9.17) is 12.8 Å². The van der Waals surface area contributed by atoms with E-state index >= 15 is 0 Å². The van der Waals surface area contributed by atoms with Crippen LogP contribution < -0.4 is 0 Å². The summed E-state index contributed by atoms with van der Waals surface area (Å²) in [7, 11) is -4.85. The minimum Gasteiger partial charge on any atom is -0.306 e. The average Bonchev–Trinajstić information content (AvgIpc) is 2.00. The number of terminal acetylenes is 2. The molecule has 0 saturated carbocycles. The summed E-state index contributed by atoms with van der Waals surface area (Å²) in [5.74, 6) is 4.00. The summed E-state index contributed by atoms with van der Waals surface area (Å²) in [6, 6.07) is 0. The molecule has 0 fully saturated rings. The number of hydrogen-bond donors (Lipinski definition) is 2. The minimum absolute atomic E-state index is 1.16. The summed E-state index contributed by atoms with van der Waals surface area (Å²) in [4.78, 5) is 0. The van der Waals surface area contributed by atoms with E-state index in [1.165, 1.54) is 13.8 Å². The van der Waals surface area contributed by atoms with Crippen LogP contribution in [0.3, 0.4) is 0 Å². The zero-order chi connectivity index (χ0) is 10.0. The maximum Gasteiger partial charge on any atom is 0.116 e. The summed E-state index contributed by atoms with van der Waals surface area (Å²) in [6.45, 7) is 2.56. The van der Waals surface area contributed by atoms with Gasteiger partial charge in [0.25, 0.3) is 0 Å². The van der Waals surface area contributed by atoms with Gasteiger partial charge in [-0.15, -0.1) is 12.8 Å². The topological polar surface area (TPSA) is 57.5 Å². The first-order chi connectivity index (χ1) is 5.24. The Morgan fingerprint density at radius 1 is 1.17 bits per heavy atom. The molecule has 0 heterocycles. The van der Waals surface area contributed by atoms with Crippen molar-refractivity contribution in [3.63, 3.8) is 0 Å². The van der Waals surface area contributed by atoms with Crippen molar-refractivity contribution >= 4 is 9.63 Å². The van der Waals surface area contributed by atoms with Crippen molar-refractivity contribution in [2.75, 3.05) is 0 Å². The molecule has 0 aliphatic carbocycles. The second kappa shape index (κ2) is 2.91. The molecule has 0 amide bonds. The fourth-order valence-corrected chi connectivity index (χ4v) is 1.69. The van der Waals surface area contributed by atoms with Crippen LogP contribution in [0.25, 0.3) is 0 Å².